The zero-order chi connectivity index (χ0) is 22.1. The number of carbonyl (C=O) groups excluding carboxylic acids is 1. The topological polar surface area (TPSA) is 102 Å². The van der Waals surface area contributed by atoms with E-state index < -0.39 is 10.0 Å². The van der Waals surface area contributed by atoms with Crippen molar-refractivity contribution in [1.29, 1.82) is 0 Å². The van der Waals surface area contributed by atoms with Crippen molar-refractivity contribution in [2.24, 2.45) is 5.14 Å². The number of hydrogen-bond acceptors (Lipinski definition) is 4. The Labute approximate surface area is 182 Å². The van der Waals surface area contributed by atoms with Gasteiger partial charge in [-0.05, 0) is 50.7 Å². The molecule has 3 N–H and O–H groups in total. The number of pyridine rings is 1. The van der Waals surface area contributed by atoms with Crippen molar-refractivity contribution < 1.29 is 13.2 Å². The monoisotopic (exact) mass is 435 g/mol. The van der Waals surface area contributed by atoms with Crippen LogP contribution in [0.25, 0.3) is 0 Å². The molecule has 1 rings (SSSR count). The van der Waals surface area contributed by atoms with Crippen LogP contribution in [0.4, 0.5) is 5.82 Å². The second-order valence-electron chi connectivity index (χ2n) is 7.45. The molecular weight excluding hydrogens is 398 g/mol. The molecule has 0 unspecified atom stereocenters. The molecule has 6 nitrogen and oxygen atoms in total. The minimum Gasteiger partial charge on any atom is -0.311 e. The Morgan fingerprint density at radius 1 is 0.967 bits per heavy atom. The Hall–Kier alpha value is -1.99. The lowest BCUT2D eigenvalue weighted by Gasteiger charge is -2.05. The van der Waals surface area contributed by atoms with Crippen LogP contribution >= 0.6 is 0 Å². The number of hydrogen-bond donors (Lipinski definition) is 2. The molecule has 0 aliphatic rings. The summed E-state index contributed by atoms with van der Waals surface area (Å²) < 4.78 is 22.4. The minimum atomic E-state index is -3.77. The lowest BCUT2D eigenvalue weighted by Crippen LogP contribution is -2.14. The fourth-order valence-electron chi connectivity index (χ4n) is 2.92. The molecule has 0 aliphatic carbocycles. The van der Waals surface area contributed by atoms with Gasteiger partial charge in [0.05, 0.1) is 0 Å². The summed E-state index contributed by atoms with van der Waals surface area (Å²) in [6, 6.07) is 2.77. The number of carbonyl (C=O) groups is 1. The molecule has 0 aliphatic heterocycles. The maximum Gasteiger partial charge on any atom is 0.239 e. The highest BCUT2D eigenvalue weighted by atomic mass is 32.2. The van der Waals surface area contributed by atoms with Gasteiger partial charge in [0.25, 0.3) is 0 Å². The van der Waals surface area contributed by atoms with E-state index in [1.165, 1.54) is 50.7 Å². The molecule has 0 fully saturated rings. The molecule has 1 aromatic rings. The van der Waals surface area contributed by atoms with Crippen LogP contribution in [0.1, 0.15) is 84.0 Å². The Balaban J connectivity index is 2.01. The zero-order valence-corrected chi connectivity index (χ0v) is 19.0. The predicted molar refractivity (Wildman–Crippen MR) is 124 cm³/mol. The van der Waals surface area contributed by atoms with E-state index >= 15 is 0 Å². The first-order valence-electron chi connectivity index (χ1n) is 11.0. The molecule has 0 atom stereocenters. The third kappa shape index (κ3) is 13.3. The van der Waals surface area contributed by atoms with E-state index in [1.807, 2.05) is 0 Å². The largest absolute Gasteiger partial charge is 0.311 e. The van der Waals surface area contributed by atoms with Gasteiger partial charge in [-0.3, -0.25) is 4.79 Å². The third-order valence-corrected chi connectivity index (χ3v) is 5.59. The summed E-state index contributed by atoms with van der Waals surface area (Å²) in [6.45, 7) is 2.23. The standard InChI is InChI=1S/C23H37N3O3S/c1-2-3-4-5-6-7-8-9-10-11-12-13-14-15-16-17-23(27)26-22-19-18-21(20-25-22)30(24,28)29/h6-7,9-10,18-20H,2-5,8,11-17H2,1H3,(H2,24,28,29)(H,25,26,27)/b7-6-,10-9-. The lowest BCUT2D eigenvalue weighted by atomic mass is 10.1. The Morgan fingerprint density at radius 3 is 2.20 bits per heavy atom. The number of sulfonamides is 1. The van der Waals surface area contributed by atoms with E-state index in [2.05, 4.69) is 41.5 Å². The number of amides is 1. The van der Waals surface area contributed by atoms with Crippen molar-refractivity contribution in [2.75, 3.05) is 5.32 Å². The number of nitrogens with zero attached hydrogens (tertiary/aromatic N) is 1. The number of allylic oxidation sites excluding steroid dienone is 4. The van der Waals surface area contributed by atoms with Gasteiger partial charge in [-0.1, -0.05) is 63.3 Å². The highest BCUT2D eigenvalue weighted by Crippen LogP contribution is 2.11. The van der Waals surface area contributed by atoms with Crippen LogP contribution in [0.5, 0.6) is 0 Å². The smallest absolute Gasteiger partial charge is 0.239 e. The molecule has 1 heterocycles. The Morgan fingerprint density at radius 2 is 1.60 bits per heavy atom. The summed E-state index contributed by atoms with van der Waals surface area (Å²) in [7, 11) is -3.77. The molecule has 168 valence electrons. The summed E-state index contributed by atoms with van der Waals surface area (Å²) in [5, 5.41) is 7.69. The van der Waals surface area contributed by atoms with Crippen molar-refractivity contribution in [2.45, 2.75) is 88.9 Å². The SMILES string of the molecule is CCCCC/C=C\C/C=C\CCCCCCCC(=O)Nc1ccc(S(N)(=O)=O)cn1. The van der Waals surface area contributed by atoms with E-state index in [0.717, 1.165) is 38.3 Å². The number of primary sulfonamides is 1. The molecule has 0 saturated carbocycles. The summed E-state index contributed by atoms with van der Waals surface area (Å²) in [5.74, 6) is 0.214. The normalized spacial score (nSPS) is 12.1. The van der Waals surface area contributed by atoms with Gasteiger partial charge in [-0.25, -0.2) is 18.5 Å². The summed E-state index contributed by atoms with van der Waals surface area (Å²) in [4.78, 5) is 15.7. The molecule has 0 bridgehead atoms. The molecule has 0 spiro atoms. The highest BCUT2D eigenvalue weighted by Gasteiger charge is 2.09. The number of unbranched alkanes of at least 4 members (excludes halogenated alkanes) is 8. The molecule has 7 heteroatoms. The Kier molecular flexibility index (Phi) is 13.7. The van der Waals surface area contributed by atoms with Gasteiger partial charge < -0.3 is 5.32 Å². The van der Waals surface area contributed by atoms with Gasteiger partial charge >= 0.3 is 0 Å². The number of aromatic nitrogens is 1. The molecule has 1 amide bonds. The number of rotatable bonds is 16. The van der Waals surface area contributed by atoms with Gasteiger partial charge in [0.1, 0.15) is 10.7 Å². The van der Waals surface area contributed by atoms with Crippen molar-refractivity contribution in [3.8, 4) is 0 Å². The van der Waals surface area contributed by atoms with Crippen molar-refractivity contribution >= 4 is 21.7 Å². The zero-order valence-electron chi connectivity index (χ0n) is 18.2. The van der Waals surface area contributed by atoms with Gasteiger partial charge in [0, 0.05) is 12.6 Å². The first-order valence-corrected chi connectivity index (χ1v) is 12.6. The average molecular weight is 436 g/mol. The van der Waals surface area contributed by atoms with E-state index in [-0.39, 0.29) is 10.8 Å². The van der Waals surface area contributed by atoms with E-state index in [0.29, 0.717) is 12.2 Å². The molecular formula is C23H37N3O3S. The maximum atomic E-state index is 11.9. The average Bonchev–Trinajstić information content (AvgIpc) is 2.70. The summed E-state index contributed by atoms with van der Waals surface area (Å²) in [5.41, 5.74) is 0. The first-order chi connectivity index (χ1) is 14.4. The van der Waals surface area contributed by atoms with Crippen molar-refractivity contribution in [3.63, 3.8) is 0 Å². The molecule has 30 heavy (non-hydrogen) atoms. The number of nitrogens with two attached hydrogens (primary N) is 1. The summed E-state index contributed by atoms with van der Waals surface area (Å²) >= 11 is 0. The molecule has 0 saturated heterocycles. The van der Waals surface area contributed by atoms with Crippen LogP contribution in [-0.4, -0.2) is 19.3 Å². The second-order valence-corrected chi connectivity index (χ2v) is 9.01. The first kappa shape index (κ1) is 26.0. The minimum absolute atomic E-state index is 0.0748. The van der Waals surface area contributed by atoms with Crippen LogP contribution in [0.2, 0.25) is 0 Å². The summed E-state index contributed by atoms with van der Waals surface area (Å²) in [6.07, 6.45) is 23.2. The lowest BCUT2D eigenvalue weighted by molar-refractivity contribution is -0.116. The van der Waals surface area contributed by atoms with Gasteiger partial charge in [0.2, 0.25) is 15.9 Å². The van der Waals surface area contributed by atoms with E-state index in [4.69, 9.17) is 5.14 Å². The third-order valence-electron chi connectivity index (χ3n) is 4.69. The van der Waals surface area contributed by atoms with Crippen LogP contribution in [0.15, 0.2) is 47.5 Å². The highest BCUT2D eigenvalue weighted by molar-refractivity contribution is 7.89. The van der Waals surface area contributed by atoms with E-state index in [1.54, 1.807) is 0 Å². The van der Waals surface area contributed by atoms with Crippen LogP contribution < -0.4 is 10.5 Å². The van der Waals surface area contributed by atoms with Gasteiger partial charge in [0.15, 0.2) is 0 Å². The fraction of sp³-hybridized carbons (Fsp3) is 0.565. The van der Waals surface area contributed by atoms with Crippen LogP contribution in [0, 0.1) is 0 Å². The van der Waals surface area contributed by atoms with Crippen molar-refractivity contribution in [3.05, 3.63) is 42.6 Å². The maximum absolute atomic E-state index is 11.9. The second kappa shape index (κ2) is 15.8. The van der Waals surface area contributed by atoms with Crippen molar-refractivity contribution in [1.82, 2.24) is 4.98 Å². The van der Waals surface area contributed by atoms with E-state index in [9.17, 15) is 13.2 Å². The van der Waals surface area contributed by atoms with Gasteiger partial charge in [-0.15, -0.1) is 0 Å². The van der Waals surface area contributed by atoms with Crippen LogP contribution in [-0.2, 0) is 14.8 Å². The number of nitrogens with one attached hydrogen (secondary N) is 1. The molecule has 0 radical (unpaired) electrons. The fourth-order valence-corrected chi connectivity index (χ4v) is 3.38. The predicted octanol–water partition coefficient (Wildman–Crippen LogP) is 5.48. The number of anilines is 1. The van der Waals surface area contributed by atoms with Crippen LogP contribution in [0.3, 0.4) is 0 Å². The molecule has 1 aromatic heterocycles. The quantitative estimate of drug-likeness (QED) is 0.265. The molecule has 0 aromatic carbocycles. The van der Waals surface area contributed by atoms with Gasteiger partial charge in [-0.2, -0.15) is 0 Å². The Bertz CT molecular complexity index is 756.